The molecule has 0 saturated carbocycles. The maximum Gasteiger partial charge on any atom is 0.223 e. The lowest BCUT2D eigenvalue weighted by Gasteiger charge is -2.33. The smallest absolute Gasteiger partial charge is 0.223 e. The van der Waals surface area contributed by atoms with Crippen LogP contribution in [0.5, 0.6) is 0 Å². The SMILES string of the molecule is NC(=O)[C@@H]1CCO[C@@H]1CC1CCN(Cc2cn[nH]c2)CC1. The standard InChI is InChI=1S/C15H24N4O2/c16-15(20)13-3-6-21-14(13)7-11-1-4-19(5-2-11)10-12-8-17-18-9-12/h8-9,11,13-14H,1-7,10H2,(H2,16,20)(H,17,18)/t13-,14-/m1/s1. The lowest BCUT2D eigenvalue weighted by atomic mass is 9.86. The molecule has 0 aromatic carbocycles. The molecule has 3 N–H and O–H groups in total. The van der Waals surface area contributed by atoms with Crippen molar-refractivity contribution in [3.05, 3.63) is 18.0 Å². The van der Waals surface area contributed by atoms with Gasteiger partial charge in [-0.1, -0.05) is 0 Å². The van der Waals surface area contributed by atoms with E-state index in [0.29, 0.717) is 12.5 Å². The van der Waals surface area contributed by atoms with Crippen molar-refractivity contribution < 1.29 is 9.53 Å². The van der Waals surface area contributed by atoms with Gasteiger partial charge in [0.15, 0.2) is 0 Å². The molecule has 1 aromatic rings. The van der Waals surface area contributed by atoms with Crippen LogP contribution in [0, 0.1) is 11.8 Å². The topological polar surface area (TPSA) is 84.2 Å². The zero-order chi connectivity index (χ0) is 14.7. The normalized spacial score (nSPS) is 28.0. The molecule has 6 heteroatoms. The number of ether oxygens (including phenoxy) is 1. The Hall–Kier alpha value is -1.40. The summed E-state index contributed by atoms with van der Waals surface area (Å²) >= 11 is 0. The van der Waals surface area contributed by atoms with Crippen LogP contribution in [-0.2, 0) is 16.1 Å². The van der Waals surface area contributed by atoms with Gasteiger partial charge < -0.3 is 10.5 Å². The van der Waals surface area contributed by atoms with E-state index >= 15 is 0 Å². The van der Waals surface area contributed by atoms with Crippen LogP contribution in [0.25, 0.3) is 0 Å². The number of aromatic amines is 1. The molecular weight excluding hydrogens is 268 g/mol. The molecule has 2 fully saturated rings. The van der Waals surface area contributed by atoms with Gasteiger partial charge >= 0.3 is 0 Å². The molecule has 3 rings (SSSR count). The number of nitrogens with two attached hydrogens (primary N) is 1. The van der Waals surface area contributed by atoms with Gasteiger partial charge in [-0.05, 0) is 44.7 Å². The molecule has 0 aliphatic carbocycles. The Morgan fingerprint density at radius 3 is 2.90 bits per heavy atom. The van der Waals surface area contributed by atoms with Crippen LogP contribution < -0.4 is 5.73 Å². The van der Waals surface area contributed by atoms with Crippen LogP contribution >= 0.6 is 0 Å². The Bertz CT molecular complexity index is 454. The highest BCUT2D eigenvalue weighted by molar-refractivity contribution is 5.77. The average Bonchev–Trinajstić information content (AvgIpc) is 3.12. The van der Waals surface area contributed by atoms with Crippen LogP contribution in [0.2, 0.25) is 0 Å². The van der Waals surface area contributed by atoms with Crippen molar-refractivity contribution in [1.82, 2.24) is 15.1 Å². The Morgan fingerprint density at radius 1 is 1.43 bits per heavy atom. The molecule has 21 heavy (non-hydrogen) atoms. The van der Waals surface area contributed by atoms with Crippen molar-refractivity contribution in [2.24, 2.45) is 17.6 Å². The van der Waals surface area contributed by atoms with E-state index in [-0.39, 0.29) is 17.9 Å². The van der Waals surface area contributed by atoms with Crippen LogP contribution in [0.3, 0.4) is 0 Å². The van der Waals surface area contributed by atoms with Crippen LogP contribution in [0.1, 0.15) is 31.2 Å². The van der Waals surface area contributed by atoms with E-state index in [9.17, 15) is 4.79 Å². The third-order valence-corrected chi connectivity index (χ3v) is 4.81. The number of amides is 1. The molecule has 2 aliphatic rings. The molecule has 0 bridgehead atoms. The molecular formula is C15H24N4O2. The maximum absolute atomic E-state index is 11.4. The van der Waals surface area contributed by atoms with Crippen molar-refractivity contribution in [3.63, 3.8) is 0 Å². The van der Waals surface area contributed by atoms with Crippen molar-refractivity contribution in [2.45, 2.75) is 38.3 Å². The monoisotopic (exact) mass is 292 g/mol. The predicted molar refractivity (Wildman–Crippen MR) is 78.2 cm³/mol. The number of hydrogen-bond donors (Lipinski definition) is 2. The molecule has 116 valence electrons. The summed E-state index contributed by atoms with van der Waals surface area (Å²) in [5.41, 5.74) is 6.69. The molecule has 1 amide bonds. The van der Waals surface area contributed by atoms with Gasteiger partial charge in [-0.2, -0.15) is 5.10 Å². The number of nitrogens with one attached hydrogen (secondary N) is 1. The highest BCUT2D eigenvalue weighted by Crippen LogP contribution is 2.30. The second kappa shape index (κ2) is 6.58. The Morgan fingerprint density at radius 2 is 2.24 bits per heavy atom. The Balaban J connectivity index is 1.44. The predicted octanol–water partition coefficient (Wildman–Crippen LogP) is 0.902. The fourth-order valence-corrected chi connectivity index (χ4v) is 3.54. The summed E-state index contributed by atoms with van der Waals surface area (Å²) in [5, 5.41) is 6.84. The van der Waals surface area contributed by atoms with Crippen molar-refractivity contribution in [3.8, 4) is 0 Å². The first-order chi connectivity index (χ1) is 10.2. The number of nitrogens with zero attached hydrogens (tertiary/aromatic N) is 2. The minimum atomic E-state index is -0.199. The molecule has 2 atom stereocenters. The summed E-state index contributed by atoms with van der Waals surface area (Å²) in [6.45, 7) is 3.85. The van der Waals surface area contributed by atoms with Gasteiger partial charge in [-0.3, -0.25) is 14.8 Å². The summed E-state index contributed by atoms with van der Waals surface area (Å²) in [7, 11) is 0. The first-order valence-corrected chi connectivity index (χ1v) is 7.83. The molecule has 1 aromatic heterocycles. The molecule has 6 nitrogen and oxygen atoms in total. The molecule has 2 aliphatic heterocycles. The third kappa shape index (κ3) is 3.63. The molecule has 0 spiro atoms. The highest BCUT2D eigenvalue weighted by atomic mass is 16.5. The zero-order valence-electron chi connectivity index (χ0n) is 12.3. The minimum absolute atomic E-state index is 0.0490. The van der Waals surface area contributed by atoms with Gasteiger partial charge in [-0.25, -0.2) is 0 Å². The van der Waals surface area contributed by atoms with E-state index in [1.807, 2.05) is 12.4 Å². The molecule has 3 heterocycles. The number of rotatable bonds is 5. The van der Waals surface area contributed by atoms with Gasteiger partial charge in [0.1, 0.15) is 0 Å². The maximum atomic E-state index is 11.4. The third-order valence-electron chi connectivity index (χ3n) is 4.81. The average molecular weight is 292 g/mol. The van der Waals surface area contributed by atoms with Gasteiger partial charge in [-0.15, -0.1) is 0 Å². The lowest BCUT2D eigenvalue weighted by Crippen LogP contribution is -2.36. The second-order valence-electron chi connectivity index (χ2n) is 6.27. The highest BCUT2D eigenvalue weighted by Gasteiger charge is 2.34. The number of carbonyl (C=O) groups is 1. The molecule has 2 saturated heterocycles. The van der Waals surface area contributed by atoms with Crippen molar-refractivity contribution in [1.29, 1.82) is 0 Å². The van der Waals surface area contributed by atoms with E-state index in [0.717, 1.165) is 32.5 Å². The van der Waals surface area contributed by atoms with Gasteiger partial charge in [0.25, 0.3) is 0 Å². The first-order valence-electron chi connectivity index (χ1n) is 7.83. The Labute approximate surface area is 125 Å². The summed E-state index contributed by atoms with van der Waals surface area (Å²) in [6.07, 6.45) is 8.00. The van der Waals surface area contributed by atoms with E-state index in [4.69, 9.17) is 10.5 Å². The largest absolute Gasteiger partial charge is 0.377 e. The fraction of sp³-hybridized carbons (Fsp3) is 0.733. The number of aromatic nitrogens is 2. The second-order valence-corrected chi connectivity index (χ2v) is 6.27. The van der Waals surface area contributed by atoms with Crippen molar-refractivity contribution >= 4 is 5.91 Å². The van der Waals surface area contributed by atoms with E-state index in [1.54, 1.807) is 0 Å². The number of primary amides is 1. The summed E-state index contributed by atoms with van der Waals surface area (Å²) < 4.78 is 5.71. The summed E-state index contributed by atoms with van der Waals surface area (Å²) in [6, 6.07) is 0. The van der Waals surface area contributed by atoms with Gasteiger partial charge in [0.05, 0.1) is 18.2 Å². The summed E-state index contributed by atoms with van der Waals surface area (Å²) in [4.78, 5) is 13.9. The number of carbonyl (C=O) groups excluding carboxylic acids is 1. The van der Waals surface area contributed by atoms with E-state index in [1.165, 1.54) is 18.4 Å². The van der Waals surface area contributed by atoms with Crippen molar-refractivity contribution in [2.75, 3.05) is 19.7 Å². The number of H-pyrrole nitrogens is 1. The Kier molecular flexibility index (Phi) is 4.55. The van der Waals surface area contributed by atoms with E-state index < -0.39 is 0 Å². The van der Waals surface area contributed by atoms with Crippen LogP contribution in [0.15, 0.2) is 12.4 Å². The van der Waals surface area contributed by atoms with Gasteiger partial charge in [0, 0.05) is 24.9 Å². The number of likely N-dealkylation sites (tertiary alicyclic amines) is 1. The molecule has 0 radical (unpaired) electrons. The van der Waals surface area contributed by atoms with Crippen LogP contribution in [0.4, 0.5) is 0 Å². The zero-order valence-corrected chi connectivity index (χ0v) is 12.3. The quantitative estimate of drug-likeness (QED) is 0.844. The summed E-state index contributed by atoms with van der Waals surface area (Å²) in [5.74, 6) is 0.374. The van der Waals surface area contributed by atoms with Crippen LogP contribution in [-0.4, -0.2) is 46.8 Å². The number of hydrogen-bond acceptors (Lipinski definition) is 4. The first kappa shape index (κ1) is 14.5. The fourth-order valence-electron chi connectivity index (χ4n) is 3.54. The number of piperidine rings is 1. The van der Waals surface area contributed by atoms with E-state index in [2.05, 4.69) is 15.1 Å². The molecule has 0 unspecified atom stereocenters. The minimum Gasteiger partial charge on any atom is -0.377 e. The lowest BCUT2D eigenvalue weighted by molar-refractivity contribution is -0.123. The van der Waals surface area contributed by atoms with Gasteiger partial charge in [0.2, 0.25) is 5.91 Å².